The van der Waals surface area contributed by atoms with Gasteiger partial charge in [0.1, 0.15) is 6.61 Å². The Morgan fingerprint density at radius 2 is 1.64 bits per heavy atom. The molecule has 0 atom stereocenters. The maximum absolute atomic E-state index is 12.4. The average Bonchev–Trinajstić information content (AvgIpc) is 2.81. The van der Waals surface area contributed by atoms with Gasteiger partial charge in [-0.1, -0.05) is 30.8 Å². The summed E-state index contributed by atoms with van der Waals surface area (Å²) in [5, 5.41) is 0. The van der Waals surface area contributed by atoms with Gasteiger partial charge in [0, 0.05) is 23.5 Å². The number of nitrogens with zero attached hydrogens (tertiary/aromatic N) is 1. The largest absolute Gasteiger partial charge is 0.500 e. The number of ether oxygens (including phenoxy) is 1. The smallest absolute Gasteiger partial charge is 0.198 e. The quantitative estimate of drug-likeness (QED) is 0.371. The molecule has 110 valence electrons. The number of Topliss-reactive ketones (excluding diaryl/α,β-unsaturated/α-hetero) is 2. The van der Waals surface area contributed by atoms with Crippen LogP contribution in [-0.2, 0) is 4.74 Å². The predicted molar refractivity (Wildman–Crippen MR) is 83.3 cm³/mol. The average molecular weight is 293 g/mol. The highest BCUT2D eigenvalue weighted by Crippen LogP contribution is 2.30. The number of rotatable bonds is 4. The Morgan fingerprint density at radius 1 is 1.05 bits per heavy atom. The fourth-order valence-corrected chi connectivity index (χ4v) is 2.53. The van der Waals surface area contributed by atoms with E-state index in [1.165, 1.54) is 6.26 Å². The van der Waals surface area contributed by atoms with Gasteiger partial charge in [0.15, 0.2) is 11.6 Å². The molecule has 0 saturated carbocycles. The zero-order chi connectivity index (χ0) is 15.5. The van der Waals surface area contributed by atoms with Crippen molar-refractivity contribution in [3.05, 3.63) is 83.9 Å². The molecule has 1 aliphatic heterocycles. The van der Waals surface area contributed by atoms with Crippen molar-refractivity contribution in [2.75, 3.05) is 13.2 Å². The van der Waals surface area contributed by atoms with E-state index < -0.39 is 0 Å². The second-order valence-corrected chi connectivity index (χ2v) is 4.94. The van der Waals surface area contributed by atoms with E-state index in [2.05, 4.69) is 6.58 Å². The van der Waals surface area contributed by atoms with Crippen LogP contribution in [0, 0.1) is 0 Å². The fraction of sp³-hybridized carbons (Fsp3) is 0.111. The van der Waals surface area contributed by atoms with Crippen molar-refractivity contribution >= 4 is 11.6 Å². The minimum atomic E-state index is -0.201. The van der Waals surface area contributed by atoms with Crippen LogP contribution in [0.25, 0.3) is 0 Å². The summed E-state index contributed by atoms with van der Waals surface area (Å²) in [6, 6.07) is 6.92. The number of hydrogen-bond acceptors (Lipinski definition) is 4. The third kappa shape index (κ3) is 2.39. The topological polar surface area (TPSA) is 46.6 Å². The number of allylic oxidation sites excluding steroid dienone is 4. The Labute approximate surface area is 128 Å². The summed E-state index contributed by atoms with van der Waals surface area (Å²) < 4.78 is 5.07. The molecule has 1 aliphatic carbocycles. The van der Waals surface area contributed by atoms with Gasteiger partial charge in [-0.05, 0) is 17.7 Å². The second-order valence-electron chi connectivity index (χ2n) is 4.94. The van der Waals surface area contributed by atoms with Crippen molar-refractivity contribution in [1.82, 2.24) is 4.90 Å². The summed E-state index contributed by atoms with van der Waals surface area (Å²) in [6.07, 6.45) is 8.63. The van der Waals surface area contributed by atoms with Crippen molar-refractivity contribution in [3.8, 4) is 0 Å². The van der Waals surface area contributed by atoms with Crippen molar-refractivity contribution in [3.63, 3.8) is 0 Å². The van der Waals surface area contributed by atoms with E-state index in [4.69, 9.17) is 4.74 Å². The van der Waals surface area contributed by atoms with Gasteiger partial charge in [-0.3, -0.25) is 9.59 Å². The van der Waals surface area contributed by atoms with Gasteiger partial charge in [-0.15, -0.1) is 0 Å². The zero-order valence-electron chi connectivity index (χ0n) is 12.0. The van der Waals surface area contributed by atoms with E-state index in [0.29, 0.717) is 29.9 Å². The highest BCUT2D eigenvalue weighted by molar-refractivity contribution is 6.40. The second kappa shape index (κ2) is 5.85. The molecule has 22 heavy (non-hydrogen) atoms. The Bertz CT molecular complexity index is 687. The van der Waals surface area contributed by atoms with E-state index in [-0.39, 0.29) is 17.1 Å². The van der Waals surface area contributed by atoms with Gasteiger partial charge in [0.2, 0.25) is 0 Å². The lowest BCUT2D eigenvalue weighted by Crippen LogP contribution is -2.18. The highest BCUT2D eigenvalue weighted by Gasteiger charge is 2.34. The molecule has 1 heterocycles. The first-order chi connectivity index (χ1) is 10.7. The first-order valence-corrected chi connectivity index (χ1v) is 6.99. The molecule has 0 spiro atoms. The molecule has 0 amide bonds. The van der Waals surface area contributed by atoms with Gasteiger partial charge in [0.25, 0.3) is 0 Å². The van der Waals surface area contributed by atoms with Crippen molar-refractivity contribution in [2.24, 2.45) is 0 Å². The standard InChI is InChI=1S/C18H15NO3/c1-2-22-12-11-19-9-7-13(8-10-19)16-17(20)14-5-3-4-6-15(14)18(16)21/h2-10H,1,11-12H2. The first-order valence-electron chi connectivity index (χ1n) is 6.99. The minimum absolute atomic E-state index is 0.201. The normalized spacial score (nSPS) is 16.3. The molecule has 1 aromatic carbocycles. The maximum atomic E-state index is 12.4. The number of fused-ring (bicyclic) bond motifs is 1. The van der Waals surface area contributed by atoms with Crippen LogP contribution in [-0.4, -0.2) is 29.6 Å². The fourth-order valence-electron chi connectivity index (χ4n) is 2.53. The van der Waals surface area contributed by atoms with Crippen molar-refractivity contribution in [2.45, 2.75) is 0 Å². The molecule has 0 N–H and O–H groups in total. The third-order valence-electron chi connectivity index (χ3n) is 3.64. The van der Waals surface area contributed by atoms with Gasteiger partial charge in [-0.2, -0.15) is 0 Å². The van der Waals surface area contributed by atoms with E-state index in [0.717, 1.165) is 0 Å². The Balaban J connectivity index is 1.84. The van der Waals surface area contributed by atoms with Gasteiger partial charge < -0.3 is 9.64 Å². The van der Waals surface area contributed by atoms with Gasteiger partial charge in [-0.25, -0.2) is 0 Å². The van der Waals surface area contributed by atoms with Crippen LogP contribution in [0.3, 0.4) is 0 Å². The first kappa shape index (κ1) is 14.1. The van der Waals surface area contributed by atoms with Crippen LogP contribution in [0.5, 0.6) is 0 Å². The van der Waals surface area contributed by atoms with Crippen LogP contribution in [0.1, 0.15) is 20.7 Å². The van der Waals surface area contributed by atoms with Crippen LogP contribution in [0.2, 0.25) is 0 Å². The van der Waals surface area contributed by atoms with Crippen molar-refractivity contribution < 1.29 is 14.3 Å². The Hall–Kier alpha value is -2.88. The number of ketones is 2. The summed E-state index contributed by atoms with van der Waals surface area (Å²) in [5.41, 5.74) is 1.86. The molecule has 0 fully saturated rings. The summed E-state index contributed by atoms with van der Waals surface area (Å²) in [5.74, 6) is -0.401. The summed E-state index contributed by atoms with van der Waals surface area (Å²) in [7, 11) is 0. The molecule has 3 rings (SSSR count). The molecule has 4 heteroatoms. The lowest BCUT2D eigenvalue weighted by Gasteiger charge is -2.18. The molecule has 1 aromatic rings. The zero-order valence-corrected chi connectivity index (χ0v) is 12.0. The minimum Gasteiger partial charge on any atom is -0.500 e. The highest BCUT2D eigenvalue weighted by atomic mass is 16.5. The maximum Gasteiger partial charge on any atom is 0.198 e. The predicted octanol–water partition coefficient (Wildman–Crippen LogP) is 2.87. The van der Waals surface area contributed by atoms with Crippen LogP contribution >= 0.6 is 0 Å². The molecule has 0 radical (unpaired) electrons. The Morgan fingerprint density at radius 3 is 2.18 bits per heavy atom. The lowest BCUT2D eigenvalue weighted by molar-refractivity contribution is 0.0988. The molecule has 0 bridgehead atoms. The molecule has 0 saturated heterocycles. The van der Waals surface area contributed by atoms with Crippen LogP contribution in [0.4, 0.5) is 0 Å². The summed E-state index contributed by atoms with van der Waals surface area (Å²) >= 11 is 0. The van der Waals surface area contributed by atoms with Crippen molar-refractivity contribution in [1.29, 1.82) is 0 Å². The number of hydrogen-bond donors (Lipinski definition) is 0. The van der Waals surface area contributed by atoms with E-state index in [9.17, 15) is 9.59 Å². The summed E-state index contributed by atoms with van der Waals surface area (Å²) in [6.45, 7) is 4.68. The van der Waals surface area contributed by atoms with E-state index in [1.54, 1.807) is 36.4 Å². The van der Waals surface area contributed by atoms with E-state index >= 15 is 0 Å². The molecular formula is C18H15NO3. The Kier molecular flexibility index (Phi) is 3.74. The molecular weight excluding hydrogens is 278 g/mol. The summed E-state index contributed by atoms with van der Waals surface area (Å²) in [4.78, 5) is 26.7. The molecule has 0 aromatic heterocycles. The monoisotopic (exact) mass is 293 g/mol. The number of carbonyl (C=O) groups excluding carboxylic acids is 2. The molecule has 0 unspecified atom stereocenters. The number of benzene rings is 1. The lowest BCUT2D eigenvalue weighted by atomic mass is 10.0. The van der Waals surface area contributed by atoms with Crippen LogP contribution < -0.4 is 0 Å². The third-order valence-corrected chi connectivity index (χ3v) is 3.64. The SMILES string of the molecule is C=COCCN1C=CC(=C2C(=O)c3ccccc3C2=O)C=C1. The molecule has 2 aliphatic rings. The van der Waals surface area contributed by atoms with E-state index in [1.807, 2.05) is 17.3 Å². The van der Waals surface area contributed by atoms with Crippen LogP contribution in [0.15, 0.2) is 72.8 Å². The van der Waals surface area contributed by atoms with Gasteiger partial charge >= 0.3 is 0 Å². The van der Waals surface area contributed by atoms with Gasteiger partial charge in [0.05, 0.1) is 18.4 Å². The number of carbonyl (C=O) groups is 2. The molecule has 4 nitrogen and oxygen atoms in total.